The van der Waals surface area contributed by atoms with Crippen LogP contribution in [-0.4, -0.2) is 50.5 Å². The van der Waals surface area contributed by atoms with Crippen molar-refractivity contribution in [3.63, 3.8) is 0 Å². The number of ether oxygens (including phenoxy) is 1. The summed E-state index contributed by atoms with van der Waals surface area (Å²) in [6.45, 7) is 3.07. The molecule has 202 valence electrons. The van der Waals surface area contributed by atoms with Crippen LogP contribution in [0.5, 0.6) is 11.5 Å². The monoisotopic (exact) mass is 541 g/mol. The number of benzene rings is 3. The number of amides is 2. The smallest absolute Gasteiger partial charge is 0.244 e. The SMILES string of the molecule is CCCNC(=O)[C@H](C)N(Cc1ccccc1F)C(=O)CN(c1ccc(Oc2ccccc2)cc1)S(C)(=O)=O. The third-order valence-electron chi connectivity index (χ3n) is 5.80. The topological polar surface area (TPSA) is 96.0 Å². The van der Waals surface area contributed by atoms with Crippen LogP contribution in [0.15, 0.2) is 78.9 Å². The molecule has 10 heteroatoms. The highest BCUT2D eigenvalue weighted by Crippen LogP contribution is 2.26. The number of halogens is 1. The van der Waals surface area contributed by atoms with Crippen LogP contribution in [0.2, 0.25) is 0 Å². The predicted octanol–water partition coefficient (Wildman–Crippen LogP) is 4.33. The molecule has 8 nitrogen and oxygen atoms in total. The number of rotatable bonds is 12. The van der Waals surface area contributed by atoms with E-state index < -0.39 is 40.2 Å². The molecule has 3 aromatic carbocycles. The Morgan fingerprint density at radius 1 is 0.947 bits per heavy atom. The highest BCUT2D eigenvalue weighted by molar-refractivity contribution is 7.92. The number of anilines is 1. The standard InChI is InChI=1S/C28H32FN3O5S/c1-4-18-30-28(34)21(2)31(19-22-10-8-9-13-26(22)29)27(33)20-32(38(3,35)36)23-14-16-25(17-15-23)37-24-11-6-5-7-12-24/h5-17,21H,4,18-20H2,1-3H3,(H,30,34)/t21-/m0/s1. The van der Waals surface area contributed by atoms with E-state index in [2.05, 4.69) is 5.32 Å². The number of nitrogens with zero attached hydrogens (tertiary/aromatic N) is 2. The van der Waals surface area contributed by atoms with E-state index in [1.165, 1.54) is 42.2 Å². The summed E-state index contributed by atoms with van der Waals surface area (Å²) in [5.74, 6) is -0.482. The maximum absolute atomic E-state index is 14.4. The molecule has 0 radical (unpaired) electrons. The van der Waals surface area contributed by atoms with Gasteiger partial charge in [-0.05, 0) is 55.8 Å². The molecule has 3 rings (SSSR count). The molecule has 3 aromatic rings. The average molecular weight is 542 g/mol. The number of carbonyl (C=O) groups excluding carboxylic acids is 2. The van der Waals surface area contributed by atoms with Gasteiger partial charge in [0.25, 0.3) is 0 Å². The Balaban J connectivity index is 1.86. The first kappa shape index (κ1) is 28.6. The lowest BCUT2D eigenvalue weighted by Crippen LogP contribution is -2.51. The minimum atomic E-state index is -3.89. The molecule has 0 aliphatic rings. The van der Waals surface area contributed by atoms with Crippen LogP contribution in [0.1, 0.15) is 25.8 Å². The van der Waals surface area contributed by atoms with E-state index in [0.29, 0.717) is 24.5 Å². The van der Waals surface area contributed by atoms with E-state index in [0.717, 1.165) is 10.6 Å². The lowest BCUT2D eigenvalue weighted by molar-refractivity contribution is -0.139. The Morgan fingerprint density at radius 3 is 2.16 bits per heavy atom. The van der Waals surface area contributed by atoms with Crippen molar-refractivity contribution in [1.82, 2.24) is 10.2 Å². The zero-order valence-corrected chi connectivity index (χ0v) is 22.4. The van der Waals surface area contributed by atoms with Crippen molar-refractivity contribution in [1.29, 1.82) is 0 Å². The van der Waals surface area contributed by atoms with Gasteiger partial charge in [-0.25, -0.2) is 12.8 Å². The second kappa shape index (κ2) is 13.0. The minimum Gasteiger partial charge on any atom is -0.457 e. The fourth-order valence-electron chi connectivity index (χ4n) is 3.71. The van der Waals surface area contributed by atoms with Crippen LogP contribution >= 0.6 is 0 Å². The van der Waals surface area contributed by atoms with Crippen molar-refractivity contribution in [3.05, 3.63) is 90.2 Å². The molecule has 0 bridgehead atoms. The highest BCUT2D eigenvalue weighted by Gasteiger charge is 2.30. The molecule has 0 spiro atoms. The number of para-hydroxylation sites is 1. The zero-order chi connectivity index (χ0) is 27.7. The van der Waals surface area contributed by atoms with Gasteiger partial charge in [0.1, 0.15) is 29.9 Å². The number of hydrogen-bond donors (Lipinski definition) is 1. The van der Waals surface area contributed by atoms with Gasteiger partial charge in [0.2, 0.25) is 21.8 Å². The molecule has 0 saturated heterocycles. The Bertz CT molecular complexity index is 1330. The molecule has 2 amide bonds. The van der Waals surface area contributed by atoms with Crippen molar-refractivity contribution in [2.24, 2.45) is 0 Å². The first-order chi connectivity index (χ1) is 18.1. The maximum Gasteiger partial charge on any atom is 0.244 e. The summed E-state index contributed by atoms with van der Waals surface area (Å²) in [7, 11) is -3.89. The van der Waals surface area contributed by atoms with E-state index in [1.807, 2.05) is 25.1 Å². The van der Waals surface area contributed by atoms with Crippen LogP contribution in [-0.2, 0) is 26.2 Å². The van der Waals surface area contributed by atoms with Gasteiger partial charge in [0, 0.05) is 18.7 Å². The van der Waals surface area contributed by atoms with Crippen molar-refractivity contribution < 1.29 is 27.1 Å². The van der Waals surface area contributed by atoms with E-state index in [9.17, 15) is 22.4 Å². The summed E-state index contributed by atoms with van der Waals surface area (Å²) in [6.07, 6.45) is 1.69. The molecule has 0 aromatic heterocycles. The summed E-state index contributed by atoms with van der Waals surface area (Å²) >= 11 is 0. The Labute approximate surface area is 223 Å². The van der Waals surface area contributed by atoms with E-state index in [4.69, 9.17) is 4.74 Å². The van der Waals surface area contributed by atoms with Crippen LogP contribution in [0, 0.1) is 5.82 Å². The number of carbonyl (C=O) groups is 2. The Hall–Kier alpha value is -3.92. The normalized spacial score (nSPS) is 11.9. The average Bonchev–Trinajstić information content (AvgIpc) is 2.90. The van der Waals surface area contributed by atoms with Gasteiger partial charge in [-0.15, -0.1) is 0 Å². The summed E-state index contributed by atoms with van der Waals surface area (Å²) in [5, 5.41) is 2.74. The van der Waals surface area contributed by atoms with Crippen molar-refractivity contribution >= 4 is 27.5 Å². The molecule has 1 atom stereocenters. The van der Waals surface area contributed by atoms with Crippen LogP contribution < -0.4 is 14.4 Å². The van der Waals surface area contributed by atoms with Crippen LogP contribution in [0.25, 0.3) is 0 Å². The van der Waals surface area contributed by atoms with Crippen molar-refractivity contribution in [2.45, 2.75) is 32.9 Å². The summed E-state index contributed by atoms with van der Waals surface area (Å²) in [4.78, 5) is 27.4. The first-order valence-corrected chi connectivity index (χ1v) is 14.1. The van der Waals surface area contributed by atoms with Gasteiger partial charge in [-0.1, -0.05) is 43.3 Å². The maximum atomic E-state index is 14.4. The lowest BCUT2D eigenvalue weighted by Gasteiger charge is -2.31. The molecular formula is C28H32FN3O5S. The number of hydrogen-bond acceptors (Lipinski definition) is 5. The second-order valence-electron chi connectivity index (χ2n) is 8.76. The molecule has 0 heterocycles. The first-order valence-electron chi connectivity index (χ1n) is 12.2. The fraction of sp³-hybridized carbons (Fsp3) is 0.286. The van der Waals surface area contributed by atoms with Gasteiger partial charge in [0.15, 0.2) is 0 Å². The zero-order valence-electron chi connectivity index (χ0n) is 21.6. The number of nitrogens with one attached hydrogen (secondary N) is 1. The summed E-state index contributed by atoms with van der Waals surface area (Å²) in [6, 6.07) is 20.3. The highest BCUT2D eigenvalue weighted by atomic mass is 32.2. The summed E-state index contributed by atoms with van der Waals surface area (Å²) < 4.78 is 46.6. The largest absolute Gasteiger partial charge is 0.457 e. The van der Waals surface area contributed by atoms with Gasteiger partial charge < -0.3 is 15.0 Å². The quantitative estimate of drug-likeness (QED) is 0.368. The Kier molecular flexibility index (Phi) is 9.84. The summed E-state index contributed by atoms with van der Waals surface area (Å²) in [5.41, 5.74) is 0.458. The Morgan fingerprint density at radius 2 is 1.55 bits per heavy atom. The molecule has 38 heavy (non-hydrogen) atoms. The molecule has 1 N–H and O–H groups in total. The van der Waals surface area contributed by atoms with Gasteiger partial charge in [-0.3, -0.25) is 13.9 Å². The minimum absolute atomic E-state index is 0.201. The molecule has 0 saturated carbocycles. The third-order valence-corrected chi connectivity index (χ3v) is 6.94. The van der Waals surface area contributed by atoms with E-state index in [1.54, 1.807) is 30.3 Å². The third kappa shape index (κ3) is 7.79. The molecule has 0 fully saturated rings. The lowest BCUT2D eigenvalue weighted by atomic mass is 10.1. The van der Waals surface area contributed by atoms with Gasteiger partial charge in [-0.2, -0.15) is 0 Å². The molecule has 0 aliphatic carbocycles. The number of sulfonamides is 1. The van der Waals surface area contributed by atoms with E-state index >= 15 is 0 Å². The fourth-order valence-corrected chi connectivity index (χ4v) is 4.56. The van der Waals surface area contributed by atoms with E-state index in [-0.39, 0.29) is 17.8 Å². The van der Waals surface area contributed by atoms with Crippen molar-refractivity contribution in [2.75, 3.05) is 23.7 Å². The molecular weight excluding hydrogens is 509 g/mol. The van der Waals surface area contributed by atoms with Gasteiger partial charge in [0.05, 0.1) is 11.9 Å². The van der Waals surface area contributed by atoms with Gasteiger partial charge >= 0.3 is 0 Å². The predicted molar refractivity (Wildman–Crippen MR) is 145 cm³/mol. The van der Waals surface area contributed by atoms with Crippen LogP contribution in [0.4, 0.5) is 10.1 Å². The van der Waals surface area contributed by atoms with Crippen LogP contribution in [0.3, 0.4) is 0 Å². The second-order valence-corrected chi connectivity index (χ2v) is 10.7. The molecule has 0 aliphatic heterocycles. The van der Waals surface area contributed by atoms with Crippen molar-refractivity contribution in [3.8, 4) is 11.5 Å². The molecule has 0 unspecified atom stereocenters.